The lowest BCUT2D eigenvalue weighted by Crippen LogP contribution is -2.13. The van der Waals surface area contributed by atoms with Crippen LogP contribution in [0.4, 0.5) is 5.69 Å². The molecule has 0 unspecified atom stereocenters. The number of phenols is 2. The first-order chi connectivity index (χ1) is 10.5. The predicted molar refractivity (Wildman–Crippen MR) is 83.4 cm³/mol. The van der Waals surface area contributed by atoms with Gasteiger partial charge in [0.05, 0.1) is 5.02 Å². The van der Waals surface area contributed by atoms with Crippen LogP contribution in [0.1, 0.15) is 5.56 Å². The third-order valence-electron chi connectivity index (χ3n) is 2.77. The van der Waals surface area contributed by atoms with Crippen molar-refractivity contribution in [1.29, 1.82) is 5.26 Å². The SMILES string of the molecule is N#CC(=Cc1ccc(O)c(Cl)c1)C(=O)Nc1ccc(O)cc1. The third kappa shape index (κ3) is 3.78. The van der Waals surface area contributed by atoms with Gasteiger partial charge in [-0.2, -0.15) is 5.26 Å². The number of phenolic OH excluding ortho intramolecular Hbond substituents is 2. The quantitative estimate of drug-likeness (QED) is 0.460. The number of carbonyl (C=O) groups excluding carboxylic acids is 1. The van der Waals surface area contributed by atoms with Crippen LogP contribution in [0.5, 0.6) is 11.5 Å². The summed E-state index contributed by atoms with van der Waals surface area (Å²) < 4.78 is 0. The van der Waals surface area contributed by atoms with Crippen molar-refractivity contribution in [1.82, 2.24) is 0 Å². The fourth-order valence-corrected chi connectivity index (χ4v) is 1.86. The number of nitriles is 1. The Kier molecular flexibility index (Phi) is 4.66. The van der Waals surface area contributed by atoms with Gasteiger partial charge in [0.1, 0.15) is 23.1 Å². The molecule has 0 aliphatic heterocycles. The Morgan fingerprint density at radius 3 is 2.45 bits per heavy atom. The molecule has 3 N–H and O–H groups in total. The van der Waals surface area contributed by atoms with E-state index in [-0.39, 0.29) is 22.1 Å². The number of aromatic hydroxyl groups is 2. The van der Waals surface area contributed by atoms with E-state index in [2.05, 4.69) is 5.32 Å². The number of carbonyl (C=O) groups is 1. The molecule has 0 heterocycles. The highest BCUT2D eigenvalue weighted by molar-refractivity contribution is 6.32. The van der Waals surface area contributed by atoms with E-state index in [1.54, 1.807) is 0 Å². The highest BCUT2D eigenvalue weighted by Crippen LogP contribution is 2.25. The molecule has 1 amide bonds. The molecule has 6 heteroatoms. The lowest BCUT2D eigenvalue weighted by atomic mass is 10.1. The summed E-state index contributed by atoms with van der Waals surface area (Å²) in [5.74, 6) is -0.587. The zero-order valence-corrected chi connectivity index (χ0v) is 12.0. The van der Waals surface area contributed by atoms with E-state index < -0.39 is 5.91 Å². The van der Waals surface area contributed by atoms with Crippen molar-refractivity contribution < 1.29 is 15.0 Å². The van der Waals surface area contributed by atoms with Gasteiger partial charge in [0, 0.05) is 5.69 Å². The van der Waals surface area contributed by atoms with Gasteiger partial charge in [-0.15, -0.1) is 0 Å². The van der Waals surface area contributed by atoms with Crippen molar-refractivity contribution in [2.45, 2.75) is 0 Å². The normalized spacial score (nSPS) is 10.8. The predicted octanol–water partition coefficient (Wildman–Crippen LogP) is 3.30. The summed E-state index contributed by atoms with van der Waals surface area (Å²) >= 11 is 5.78. The molecule has 0 aromatic heterocycles. The molecule has 2 aromatic carbocycles. The van der Waals surface area contributed by atoms with Crippen LogP contribution in [-0.4, -0.2) is 16.1 Å². The minimum atomic E-state index is -0.586. The minimum absolute atomic E-state index is 0.0767. The van der Waals surface area contributed by atoms with Crippen LogP contribution in [0.25, 0.3) is 6.08 Å². The van der Waals surface area contributed by atoms with Gasteiger partial charge in [0.25, 0.3) is 5.91 Å². The first-order valence-corrected chi connectivity index (χ1v) is 6.58. The maximum absolute atomic E-state index is 12.0. The van der Waals surface area contributed by atoms with Crippen LogP contribution < -0.4 is 5.32 Å². The van der Waals surface area contributed by atoms with E-state index in [9.17, 15) is 15.0 Å². The third-order valence-corrected chi connectivity index (χ3v) is 3.08. The number of anilines is 1. The van der Waals surface area contributed by atoms with Gasteiger partial charge in [0.2, 0.25) is 0 Å². The van der Waals surface area contributed by atoms with E-state index in [1.165, 1.54) is 48.5 Å². The first kappa shape index (κ1) is 15.4. The number of hydrogen-bond donors (Lipinski definition) is 3. The summed E-state index contributed by atoms with van der Waals surface area (Å²) in [7, 11) is 0. The highest BCUT2D eigenvalue weighted by Gasteiger charge is 2.10. The molecule has 0 atom stereocenters. The van der Waals surface area contributed by atoms with Crippen LogP contribution in [-0.2, 0) is 4.79 Å². The van der Waals surface area contributed by atoms with Gasteiger partial charge in [-0.1, -0.05) is 17.7 Å². The van der Waals surface area contributed by atoms with Crippen molar-refractivity contribution in [2.75, 3.05) is 5.32 Å². The maximum Gasteiger partial charge on any atom is 0.266 e. The molecule has 0 saturated carbocycles. The van der Waals surface area contributed by atoms with Gasteiger partial charge >= 0.3 is 0 Å². The summed E-state index contributed by atoms with van der Waals surface area (Å²) in [5, 5.41) is 30.3. The van der Waals surface area contributed by atoms with E-state index in [1.807, 2.05) is 6.07 Å². The van der Waals surface area contributed by atoms with Crippen LogP contribution in [0, 0.1) is 11.3 Å². The van der Waals surface area contributed by atoms with Crippen LogP contribution in [0.15, 0.2) is 48.0 Å². The van der Waals surface area contributed by atoms with Gasteiger partial charge in [-0.3, -0.25) is 4.79 Å². The van der Waals surface area contributed by atoms with Gasteiger partial charge < -0.3 is 15.5 Å². The standard InChI is InChI=1S/C16H11ClN2O3/c17-14-8-10(1-6-15(14)21)7-11(9-18)16(22)19-12-2-4-13(20)5-3-12/h1-8,20-21H,(H,19,22). The summed E-state index contributed by atoms with van der Waals surface area (Å²) in [5.41, 5.74) is 0.850. The fourth-order valence-electron chi connectivity index (χ4n) is 1.67. The molecular weight excluding hydrogens is 304 g/mol. The Morgan fingerprint density at radius 2 is 1.86 bits per heavy atom. The van der Waals surface area contributed by atoms with E-state index in [0.717, 1.165) is 0 Å². The number of nitrogens with zero attached hydrogens (tertiary/aromatic N) is 1. The summed E-state index contributed by atoms with van der Waals surface area (Å²) in [6, 6.07) is 12.0. The molecule has 0 radical (unpaired) electrons. The molecule has 110 valence electrons. The molecule has 2 aromatic rings. The molecular formula is C16H11ClN2O3. The number of halogens is 1. The second kappa shape index (κ2) is 6.66. The highest BCUT2D eigenvalue weighted by atomic mass is 35.5. The number of hydrogen-bond acceptors (Lipinski definition) is 4. The van der Waals surface area contributed by atoms with Crippen molar-refractivity contribution in [3.8, 4) is 17.6 Å². The molecule has 5 nitrogen and oxygen atoms in total. The number of amides is 1. The topological polar surface area (TPSA) is 93.3 Å². The average Bonchev–Trinajstić information content (AvgIpc) is 2.50. The molecule has 2 rings (SSSR count). The molecule has 0 saturated heterocycles. The fraction of sp³-hybridized carbons (Fsp3) is 0. The Bertz CT molecular complexity index is 777. The second-order valence-electron chi connectivity index (χ2n) is 4.38. The van der Waals surface area contributed by atoms with E-state index in [0.29, 0.717) is 11.3 Å². The second-order valence-corrected chi connectivity index (χ2v) is 4.79. The molecule has 0 aliphatic carbocycles. The molecule has 22 heavy (non-hydrogen) atoms. The number of rotatable bonds is 3. The van der Waals surface area contributed by atoms with Crippen LogP contribution >= 0.6 is 11.6 Å². The lowest BCUT2D eigenvalue weighted by Gasteiger charge is -2.04. The summed E-state index contributed by atoms with van der Waals surface area (Å²) in [6.45, 7) is 0. The zero-order valence-electron chi connectivity index (χ0n) is 11.2. The Balaban J connectivity index is 2.21. The van der Waals surface area contributed by atoms with Gasteiger partial charge in [0.15, 0.2) is 0 Å². The molecule has 0 aliphatic rings. The van der Waals surface area contributed by atoms with Gasteiger partial charge in [-0.25, -0.2) is 0 Å². The lowest BCUT2D eigenvalue weighted by molar-refractivity contribution is -0.112. The van der Waals surface area contributed by atoms with Crippen molar-refractivity contribution in [3.05, 3.63) is 58.6 Å². The smallest absolute Gasteiger partial charge is 0.266 e. The zero-order chi connectivity index (χ0) is 16.1. The van der Waals surface area contributed by atoms with Crippen molar-refractivity contribution in [3.63, 3.8) is 0 Å². The largest absolute Gasteiger partial charge is 0.508 e. The molecule has 0 fully saturated rings. The first-order valence-electron chi connectivity index (χ1n) is 6.20. The number of nitrogens with one attached hydrogen (secondary N) is 1. The summed E-state index contributed by atoms with van der Waals surface area (Å²) in [4.78, 5) is 12.0. The average molecular weight is 315 g/mol. The van der Waals surface area contributed by atoms with Crippen molar-refractivity contribution >= 4 is 29.3 Å². The monoisotopic (exact) mass is 314 g/mol. The van der Waals surface area contributed by atoms with Crippen LogP contribution in [0.2, 0.25) is 5.02 Å². The van der Waals surface area contributed by atoms with Crippen LogP contribution in [0.3, 0.4) is 0 Å². The Labute approximate surface area is 131 Å². The summed E-state index contributed by atoms with van der Waals surface area (Å²) in [6.07, 6.45) is 1.36. The molecule has 0 spiro atoms. The Morgan fingerprint density at radius 1 is 1.18 bits per heavy atom. The van der Waals surface area contributed by atoms with E-state index >= 15 is 0 Å². The Hall–Kier alpha value is -2.97. The molecule has 0 bridgehead atoms. The van der Waals surface area contributed by atoms with Gasteiger partial charge in [-0.05, 0) is 48.0 Å². The van der Waals surface area contributed by atoms with E-state index in [4.69, 9.17) is 16.9 Å². The number of benzene rings is 2. The van der Waals surface area contributed by atoms with Crippen molar-refractivity contribution in [2.24, 2.45) is 0 Å². The maximum atomic E-state index is 12.0. The minimum Gasteiger partial charge on any atom is -0.508 e.